The van der Waals surface area contributed by atoms with Gasteiger partial charge in [-0.25, -0.2) is 14.4 Å². The number of amides is 1. The van der Waals surface area contributed by atoms with Crippen molar-refractivity contribution in [1.82, 2.24) is 15.3 Å². The van der Waals surface area contributed by atoms with Gasteiger partial charge in [0, 0.05) is 30.9 Å². The Morgan fingerprint density at radius 3 is 2.76 bits per heavy atom. The largest absolute Gasteiger partial charge is 0.356 e. The van der Waals surface area contributed by atoms with Crippen molar-refractivity contribution in [3.05, 3.63) is 42.3 Å². The summed E-state index contributed by atoms with van der Waals surface area (Å²) in [5.74, 6) is 1.16. The Kier molecular flexibility index (Phi) is 5.26. The number of halogens is 1. The molecule has 132 valence electrons. The van der Waals surface area contributed by atoms with Crippen LogP contribution in [0.25, 0.3) is 11.4 Å². The molecule has 6 heteroatoms. The van der Waals surface area contributed by atoms with E-state index >= 15 is 0 Å². The Hall–Kier alpha value is -2.50. The van der Waals surface area contributed by atoms with E-state index < -0.39 is 0 Å². The average molecular weight is 342 g/mol. The molecule has 2 heterocycles. The first-order chi connectivity index (χ1) is 12.0. The molecule has 0 saturated carbocycles. The number of hydrogen-bond donors (Lipinski definition) is 1. The van der Waals surface area contributed by atoms with Crippen LogP contribution in [0.15, 0.2) is 36.5 Å². The van der Waals surface area contributed by atoms with Crippen LogP contribution >= 0.6 is 0 Å². The number of benzene rings is 1. The van der Waals surface area contributed by atoms with E-state index in [1.54, 1.807) is 18.3 Å². The van der Waals surface area contributed by atoms with Crippen LogP contribution < -0.4 is 10.2 Å². The molecule has 2 aromatic rings. The van der Waals surface area contributed by atoms with Crippen LogP contribution in [0.3, 0.4) is 0 Å². The zero-order valence-corrected chi connectivity index (χ0v) is 14.6. The summed E-state index contributed by atoms with van der Waals surface area (Å²) in [5, 5.41) is 2.99. The zero-order valence-electron chi connectivity index (χ0n) is 14.6. The summed E-state index contributed by atoms with van der Waals surface area (Å²) in [6.45, 7) is 5.46. The standard InChI is InChI=1S/C19H23FN4O/c1-13(2)22-19(25)15-4-3-11-24(12-15)17-9-10-21-18(23-17)14-5-7-16(20)8-6-14/h5-10,13,15H,3-4,11-12H2,1-2H3,(H,22,25)/t15-/m1/s1. The first-order valence-corrected chi connectivity index (χ1v) is 8.67. The van der Waals surface area contributed by atoms with Crippen LogP contribution in [0.5, 0.6) is 0 Å². The van der Waals surface area contributed by atoms with E-state index in [0.717, 1.165) is 30.8 Å². The van der Waals surface area contributed by atoms with Gasteiger partial charge in [0.2, 0.25) is 5.91 Å². The molecule has 1 aromatic heterocycles. The third kappa shape index (κ3) is 4.32. The highest BCUT2D eigenvalue weighted by Gasteiger charge is 2.27. The molecular weight excluding hydrogens is 319 g/mol. The molecule has 25 heavy (non-hydrogen) atoms. The summed E-state index contributed by atoms with van der Waals surface area (Å²) in [4.78, 5) is 23.3. The molecule has 1 aliphatic heterocycles. The van der Waals surface area contributed by atoms with Crippen molar-refractivity contribution >= 4 is 11.7 Å². The van der Waals surface area contributed by atoms with E-state index in [2.05, 4.69) is 20.2 Å². The smallest absolute Gasteiger partial charge is 0.225 e. The lowest BCUT2D eigenvalue weighted by Crippen LogP contribution is -2.45. The first-order valence-electron chi connectivity index (χ1n) is 8.67. The monoisotopic (exact) mass is 342 g/mol. The third-order valence-corrected chi connectivity index (χ3v) is 4.29. The van der Waals surface area contributed by atoms with Crippen molar-refractivity contribution in [3.63, 3.8) is 0 Å². The van der Waals surface area contributed by atoms with Crippen LogP contribution in [-0.4, -0.2) is 35.0 Å². The molecule has 1 aromatic carbocycles. The highest BCUT2D eigenvalue weighted by Crippen LogP contribution is 2.24. The second-order valence-electron chi connectivity index (χ2n) is 6.69. The molecule has 0 unspecified atom stereocenters. The van der Waals surface area contributed by atoms with Gasteiger partial charge in [0.25, 0.3) is 0 Å². The molecule has 1 amide bonds. The van der Waals surface area contributed by atoms with Crippen molar-refractivity contribution < 1.29 is 9.18 Å². The van der Waals surface area contributed by atoms with Gasteiger partial charge in [0.05, 0.1) is 5.92 Å². The first kappa shape index (κ1) is 17.3. The molecule has 0 radical (unpaired) electrons. The van der Waals surface area contributed by atoms with E-state index in [-0.39, 0.29) is 23.7 Å². The van der Waals surface area contributed by atoms with Gasteiger partial charge in [0.15, 0.2) is 5.82 Å². The van der Waals surface area contributed by atoms with Crippen LogP contribution in [0.4, 0.5) is 10.2 Å². The number of piperidine rings is 1. The van der Waals surface area contributed by atoms with E-state index in [1.165, 1.54) is 12.1 Å². The number of anilines is 1. The summed E-state index contributed by atoms with van der Waals surface area (Å²) in [5.41, 5.74) is 0.773. The molecule has 0 aliphatic carbocycles. The number of aromatic nitrogens is 2. The van der Waals surface area contributed by atoms with Gasteiger partial charge in [-0.2, -0.15) is 0 Å². The van der Waals surface area contributed by atoms with Crippen LogP contribution in [0.1, 0.15) is 26.7 Å². The van der Waals surface area contributed by atoms with Crippen molar-refractivity contribution in [2.75, 3.05) is 18.0 Å². The maximum atomic E-state index is 13.1. The van der Waals surface area contributed by atoms with Crippen LogP contribution in [-0.2, 0) is 4.79 Å². The quantitative estimate of drug-likeness (QED) is 0.928. The fourth-order valence-electron chi connectivity index (χ4n) is 3.06. The Labute approximate surface area is 147 Å². The van der Waals surface area contributed by atoms with Crippen LogP contribution in [0.2, 0.25) is 0 Å². The summed E-state index contributed by atoms with van der Waals surface area (Å²) in [7, 11) is 0. The minimum atomic E-state index is -0.282. The number of nitrogens with zero attached hydrogens (tertiary/aromatic N) is 3. The SMILES string of the molecule is CC(C)NC(=O)[C@@H]1CCCN(c2ccnc(-c3ccc(F)cc3)n2)C1. The van der Waals surface area contributed by atoms with Crippen molar-refractivity contribution in [2.24, 2.45) is 5.92 Å². The fourth-order valence-corrected chi connectivity index (χ4v) is 3.06. The van der Waals surface area contributed by atoms with Gasteiger partial charge in [-0.05, 0) is 57.0 Å². The molecular formula is C19H23FN4O. The van der Waals surface area contributed by atoms with Gasteiger partial charge in [-0.15, -0.1) is 0 Å². The Morgan fingerprint density at radius 1 is 1.28 bits per heavy atom. The molecule has 1 atom stereocenters. The predicted octanol–water partition coefficient (Wildman–Crippen LogP) is 3.02. The summed E-state index contributed by atoms with van der Waals surface area (Å²) in [6.07, 6.45) is 3.55. The lowest BCUT2D eigenvalue weighted by Gasteiger charge is -2.33. The highest BCUT2D eigenvalue weighted by atomic mass is 19.1. The van der Waals surface area contributed by atoms with Crippen LogP contribution in [0, 0.1) is 11.7 Å². The van der Waals surface area contributed by atoms with Crippen molar-refractivity contribution in [1.29, 1.82) is 0 Å². The Balaban J connectivity index is 1.76. The Bertz CT molecular complexity index is 732. The normalized spacial score (nSPS) is 17.6. The summed E-state index contributed by atoms with van der Waals surface area (Å²) >= 11 is 0. The maximum Gasteiger partial charge on any atom is 0.225 e. The molecule has 1 saturated heterocycles. The number of nitrogens with one attached hydrogen (secondary N) is 1. The minimum Gasteiger partial charge on any atom is -0.356 e. The summed E-state index contributed by atoms with van der Waals surface area (Å²) < 4.78 is 13.1. The summed E-state index contributed by atoms with van der Waals surface area (Å²) in [6, 6.07) is 8.15. The second-order valence-corrected chi connectivity index (χ2v) is 6.69. The van der Waals surface area contributed by atoms with Gasteiger partial charge in [0.1, 0.15) is 11.6 Å². The molecule has 1 fully saturated rings. The average Bonchev–Trinajstić information content (AvgIpc) is 2.62. The third-order valence-electron chi connectivity index (χ3n) is 4.29. The molecule has 1 aliphatic rings. The van der Waals surface area contributed by atoms with E-state index in [4.69, 9.17) is 0 Å². The van der Waals surface area contributed by atoms with Gasteiger partial charge in [-0.3, -0.25) is 4.79 Å². The fraction of sp³-hybridized carbons (Fsp3) is 0.421. The van der Waals surface area contributed by atoms with Crippen molar-refractivity contribution in [3.8, 4) is 11.4 Å². The maximum absolute atomic E-state index is 13.1. The topological polar surface area (TPSA) is 58.1 Å². The highest BCUT2D eigenvalue weighted by molar-refractivity contribution is 5.79. The number of carbonyl (C=O) groups excluding carboxylic acids is 1. The van der Waals surface area contributed by atoms with Gasteiger partial charge >= 0.3 is 0 Å². The zero-order chi connectivity index (χ0) is 17.8. The minimum absolute atomic E-state index is 0.0274. The Morgan fingerprint density at radius 2 is 2.04 bits per heavy atom. The number of hydrogen-bond acceptors (Lipinski definition) is 4. The molecule has 3 rings (SSSR count). The van der Waals surface area contributed by atoms with Crippen molar-refractivity contribution in [2.45, 2.75) is 32.7 Å². The number of carbonyl (C=O) groups is 1. The second kappa shape index (κ2) is 7.59. The van der Waals surface area contributed by atoms with Gasteiger partial charge in [-0.1, -0.05) is 0 Å². The molecule has 0 bridgehead atoms. The predicted molar refractivity (Wildman–Crippen MR) is 95.6 cm³/mol. The number of rotatable bonds is 4. The lowest BCUT2D eigenvalue weighted by molar-refractivity contribution is -0.125. The lowest BCUT2D eigenvalue weighted by atomic mass is 9.97. The molecule has 1 N–H and O–H groups in total. The van der Waals surface area contributed by atoms with Gasteiger partial charge < -0.3 is 10.2 Å². The van der Waals surface area contributed by atoms with E-state index in [0.29, 0.717) is 12.4 Å². The van der Waals surface area contributed by atoms with E-state index in [9.17, 15) is 9.18 Å². The van der Waals surface area contributed by atoms with E-state index in [1.807, 2.05) is 19.9 Å². The molecule has 5 nitrogen and oxygen atoms in total. The molecule has 0 spiro atoms.